The lowest BCUT2D eigenvalue weighted by Crippen LogP contribution is -2.18. The highest BCUT2D eigenvalue weighted by Gasteiger charge is 2.21. The van der Waals surface area contributed by atoms with E-state index < -0.39 is 0 Å². The molecule has 0 amide bonds. The Balaban J connectivity index is 1.75. The van der Waals surface area contributed by atoms with Gasteiger partial charge in [-0.2, -0.15) is 0 Å². The highest BCUT2D eigenvalue weighted by molar-refractivity contribution is 5.28. The van der Waals surface area contributed by atoms with Gasteiger partial charge in [-0.25, -0.2) is 9.97 Å². The van der Waals surface area contributed by atoms with Crippen LogP contribution in [0.25, 0.3) is 0 Å². The minimum atomic E-state index is 0.719. The first-order chi connectivity index (χ1) is 10.1. The van der Waals surface area contributed by atoms with Crippen molar-refractivity contribution < 1.29 is 0 Å². The average molecular weight is 281 g/mol. The third-order valence-electron chi connectivity index (χ3n) is 4.09. The summed E-state index contributed by atoms with van der Waals surface area (Å²) in [4.78, 5) is 9.40. The van der Waals surface area contributed by atoms with Crippen LogP contribution in [0.15, 0.2) is 24.3 Å². The molecule has 0 saturated heterocycles. The summed E-state index contributed by atoms with van der Waals surface area (Å²) in [5, 5.41) is 3.55. The molecular weight excluding hydrogens is 258 g/mol. The molecule has 1 aromatic heterocycles. The quantitative estimate of drug-likeness (QED) is 0.914. The van der Waals surface area contributed by atoms with Gasteiger partial charge in [0.1, 0.15) is 5.82 Å². The molecule has 1 N–H and O–H groups in total. The second-order valence-corrected chi connectivity index (χ2v) is 6.11. The second kappa shape index (κ2) is 5.94. The van der Waals surface area contributed by atoms with Crippen molar-refractivity contribution in [2.75, 3.05) is 0 Å². The summed E-state index contributed by atoms with van der Waals surface area (Å²) in [6.07, 6.45) is 3.42. The summed E-state index contributed by atoms with van der Waals surface area (Å²) in [5.74, 6) is 0.920. The maximum absolute atomic E-state index is 4.70. The van der Waals surface area contributed by atoms with E-state index in [-0.39, 0.29) is 0 Å². The summed E-state index contributed by atoms with van der Waals surface area (Å²) in [5.41, 5.74) is 6.03. The molecule has 1 saturated carbocycles. The van der Waals surface area contributed by atoms with Gasteiger partial charge in [0.15, 0.2) is 0 Å². The summed E-state index contributed by atoms with van der Waals surface area (Å²) in [6.45, 7) is 7.19. The first-order valence-corrected chi connectivity index (χ1v) is 7.74. The van der Waals surface area contributed by atoms with Crippen molar-refractivity contribution in [3.8, 4) is 0 Å². The average Bonchev–Trinajstić information content (AvgIpc) is 3.25. The van der Waals surface area contributed by atoms with Crippen molar-refractivity contribution in [3.05, 3.63) is 58.2 Å². The van der Waals surface area contributed by atoms with Crippen LogP contribution in [0.4, 0.5) is 0 Å². The maximum Gasteiger partial charge on any atom is 0.133 e. The number of aromatic nitrogens is 2. The predicted molar refractivity (Wildman–Crippen MR) is 85.4 cm³/mol. The molecular formula is C18H23N3. The fraction of sp³-hybridized carbons (Fsp3) is 0.444. The van der Waals surface area contributed by atoms with Crippen molar-refractivity contribution >= 4 is 0 Å². The molecule has 2 aromatic rings. The topological polar surface area (TPSA) is 37.8 Å². The molecule has 3 rings (SSSR count). The zero-order chi connectivity index (χ0) is 14.8. The molecule has 0 spiro atoms. The van der Waals surface area contributed by atoms with Crippen molar-refractivity contribution in [1.29, 1.82) is 0 Å². The van der Waals surface area contributed by atoms with Crippen LogP contribution in [0.1, 0.15) is 46.7 Å². The smallest absolute Gasteiger partial charge is 0.133 e. The van der Waals surface area contributed by atoms with Gasteiger partial charge in [0.2, 0.25) is 0 Å². The van der Waals surface area contributed by atoms with E-state index in [9.17, 15) is 0 Å². The Labute approximate surface area is 126 Å². The summed E-state index contributed by atoms with van der Waals surface area (Å²) in [7, 11) is 0. The Morgan fingerprint density at radius 2 is 1.62 bits per heavy atom. The molecule has 0 unspecified atom stereocenters. The number of aryl methyl sites for hydroxylation is 3. The lowest BCUT2D eigenvalue weighted by molar-refractivity contribution is 0.672. The van der Waals surface area contributed by atoms with Crippen LogP contribution in [0, 0.1) is 20.8 Å². The van der Waals surface area contributed by atoms with E-state index in [1.54, 1.807) is 0 Å². The maximum atomic E-state index is 4.70. The Morgan fingerprint density at radius 1 is 1.00 bits per heavy atom. The number of rotatable bonds is 5. The Bertz CT molecular complexity index is 604. The van der Waals surface area contributed by atoms with Crippen LogP contribution in [-0.4, -0.2) is 16.0 Å². The van der Waals surface area contributed by atoms with Crippen LogP contribution < -0.4 is 5.32 Å². The molecule has 1 aliphatic carbocycles. The summed E-state index contributed by atoms with van der Waals surface area (Å²) >= 11 is 0. The number of benzene rings is 1. The van der Waals surface area contributed by atoms with Crippen LogP contribution in [0.3, 0.4) is 0 Å². The molecule has 0 atom stereocenters. The molecule has 1 heterocycles. The summed E-state index contributed by atoms with van der Waals surface area (Å²) < 4.78 is 0. The molecule has 21 heavy (non-hydrogen) atoms. The molecule has 3 heteroatoms. The van der Waals surface area contributed by atoms with Crippen LogP contribution in [-0.2, 0) is 13.0 Å². The van der Waals surface area contributed by atoms with E-state index in [0.717, 1.165) is 36.2 Å². The van der Waals surface area contributed by atoms with Crippen molar-refractivity contribution in [1.82, 2.24) is 15.3 Å². The zero-order valence-electron chi connectivity index (χ0n) is 13.1. The fourth-order valence-electron chi connectivity index (χ4n) is 2.57. The molecule has 110 valence electrons. The van der Waals surface area contributed by atoms with E-state index in [1.807, 2.05) is 0 Å². The highest BCUT2D eigenvalue weighted by atomic mass is 15.0. The van der Waals surface area contributed by atoms with Crippen molar-refractivity contribution in [3.63, 3.8) is 0 Å². The number of nitrogens with one attached hydrogen (secondary N) is 1. The van der Waals surface area contributed by atoms with Crippen LogP contribution in [0.5, 0.6) is 0 Å². The van der Waals surface area contributed by atoms with E-state index in [4.69, 9.17) is 9.97 Å². The normalized spacial score (nSPS) is 14.4. The lowest BCUT2D eigenvalue weighted by Gasteiger charge is -2.11. The predicted octanol–water partition coefficient (Wildman–Crippen LogP) is 3.24. The molecule has 1 fully saturated rings. The lowest BCUT2D eigenvalue weighted by atomic mass is 10.1. The monoisotopic (exact) mass is 281 g/mol. The Hall–Kier alpha value is -1.74. The third-order valence-corrected chi connectivity index (χ3v) is 4.09. The van der Waals surface area contributed by atoms with Gasteiger partial charge in [0.25, 0.3) is 0 Å². The minimum Gasteiger partial charge on any atom is -0.310 e. The standard InChI is InChI=1S/C18H23N3/c1-12-4-6-15(7-5-12)10-18-20-13(2)17(14(3)21-18)11-19-16-8-9-16/h4-7,16,19H,8-11H2,1-3H3. The van der Waals surface area contributed by atoms with Crippen molar-refractivity contribution in [2.24, 2.45) is 0 Å². The minimum absolute atomic E-state index is 0.719. The van der Waals surface area contributed by atoms with Gasteiger partial charge in [-0.3, -0.25) is 0 Å². The number of nitrogens with zero attached hydrogens (tertiary/aromatic N) is 2. The largest absolute Gasteiger partial charge is 0.310 e. The highest BCUT2D eigenvalue weighted by Crippen LogP contribution is 2.20. The van der Waals surface area contributed by atoms with Gasteiger partial charge in [-0.05, 0) is 39.2 Å². The van der Waals surface area contributed by atoms with Gasteiger partial charge in [0.05, 0.1) is 0 Å². The molecule has 1 aliphatic rings. The molecule has 1 aromatic carbocycles. The third kappa shape index (κ3) is 3.67. The van der Waals surface area contributed by atoms with Crippen molar-refractivity contribution in [2.45, 2.75) is 52.6 Å². The van der Waals surface area contributed by atoms with E-state index in [1.165, 1.54) is 29.5 Å². The van der Waals surface area contributed by atoms with Gasteiger partial charge in [-0.15, -0.1) is 0 Å². The fourth-order valence-corrected chi connectivity index (χ4v) is 2.57. The molecule has 0 bridgehead atoms. The first kappa shape index (κ1) is 14.2. The van der Waals surface area contributed by atoms with Gasteiger partial charge < -0.3 is 5.32 Å². The number of hydrogen-bond acceptors (Lipinski definition) is 3. The summed E-state index contributed by atoms with van der Waals surface area (Å²) in [6, 6.07) is 9.32. The Kier molecular flexibility index (Phi) is 4.02. The van der Waals surface area contributed by atoms with E-state index in [2.05, 4.69) is 50.4 Å². The number of hydrogen-bond donors (Lipinski definition) is 1. The molecule has 3 nitrogen and oxygen atoms in total. The molecule has 0 aliphatic heterocycles. The van der Waals surface area contributed by atoms with Gasteiger partial charge in [0, 0.05) is 36.0 Å². The van der Waals surface area contributed by atoms with Crippen LogP contribution >= 0.6 is 0 Å². The molecule has 0 radical (unpaired) electrons. The van der Waals surface area contributed by atoms with Gasteiger partial charge in [-0.1, -0.05) is 29.8 Å². The zero-order valence-corrected chi connectivity index (χ0v) is 13.1. The SMILES string of the molecule is Cc1ccc(Cc2nc(C)c(CNC3CC3)c(C)n2)cc1. The first-order valence-electron chi connectivity index (χ1n) is 7.74. The van der Waals surface area contributed by atoms with Crippen LogP contribution in [0.2, 0.25) is 0 Å². The van der Waals surface area contributed by atoms with E-state index >= 15 is 0 Å². The Morgan fingerprint density at radius 3 is 2.19 bits per heavy atom. The van der Waals surface area contributed by atoms with Gasteiger partial charge >= 0.3 is 0 Å². The van der Waals surface area contributed by atoms with E-state index in [0.29, 0.717) is 0 Å². The second-order valence-electron chi connectivity index (χ2n) is 6.11.